The number of halogens is 1. The van der Waals surface area contributed by atoms with Crippen molar-refractivity contribution < 1.29 is 9.31 Å². The van der Waals surface area contributed by atoms with Crippen molar-refractivity contribution in [3.05, 3.63) is 69.0 Å². The second-order valence-electron chi connectivity index (χ2n) is 5.33. The lowest BCUT2D eigenvalue weighted by atomic mass is 9.99. The lowest BCUT2D eigenvalue weighted by Gasteiger charge is -2.30. The molecule has 1 aliphatic heterocycles. The summed E-state index contributed by atoms with van der Waals surface area (Å²) in [6.45, 7) is 3.06. The number of nitro groups is 1. The number of anilines is 1. The van der Waals surface area contributed by atoms with Gasteiger partial charge in [0.2, 0.25) is 0 Å². The van der Waals surface area contributed by atoms with Gasteiger partial charge in [-0.05, 0) is 48.2 Å². The van der Waals surface area contributed by atoms with Gasteiger partial charge >= 0.3 is 0 Å². The highest BCUT2D eigenvalue weighted by Crippen LogP contribution is 2.32. The molecule has 0 amide bonds. The Labute approximate surface area is 122 Å². The molecule has 1 heterocycles. The van der Waals surface area contributed by atoms with Crippen molar-refractivity contribution in [2.45, 2.75) is 19.9 Å². The molecule has 0 unspecified atom stereocenters. The predicted molar refractivity (Wildman–Crippen MR) is 79.0 cm³/mol. The van der Waals surface area contributed by atoms with Crippen molar-refractivity contribution in [1.82, 2.24) is 0 Å². The number of fused-ring (bicyclic) bond motifs is 1. The van der Waals surface area contributed by atoms with Gasteiger partial charge < -0.3 is 4.90 Å². The number of hydrogen-bond acceptors (Lipinski definition) is 3. The molecule has 0 saturated heterocycles. The fraction of sp³-hybridized carbons (Fsp3) is 0.250. The first-order chi connectivity index (χ1) is 10.0. The predicted octanol–water partition coefficient (Wildman–Crippen LogP) is 3.61. The van der Waals surface area contributed by atoms with Crippen LogP contribution in [0.2, 0.25) is 0 Å². The van der Waals surface area contributed by atoms with Gasteiger partial charge in [-0.2, -0.15) is 0 Å². The van der Waals surface area contributed by atoms with Crippen LogP contribution in [0.3, 0.4) is 0 Å². The molecule has 0 aliphatic carbocycles. The van der Waals surface area contributed by atoms with E-state index < -0.39 is 0 Å². The molecule has 0 fully saturated rings. The topological polar surface area (TPSA) is 46.4 Å². The van der Waals surface area contributed by atoms with E-state index in [1.165, 1.54) is 6.07 Å². The maximum Gasteiger partial charge on any atom is 0.292 e. The molecule has 0 saturated carbocycles. The zero-order valence-corrected chi connectivity index (χ0v) is 11.7. The number of nitrogens with zero attached hydrogens (tertiary/aromatic N) is 2. The third-order valence-corrected chi connectivity index (χ3v) is 3.85. The zero-order valence-electron chi connectivity index (χ0n) is 11.7. The van der Waals surface area contributed by atoms with Crippen molar-refractivity contribution in [3.63, 3.8) is 0 Å². The monoisotopic (exact) mass is 286 g/mol. The Balaban J connectivity index is 1.96. The minimum atomic E-state index is -0.345. The Kier molecular flexibility index (Phi) is 3.33. The minimum absolute atomic E-state index is 0.126. The first kappa shape index (κ1) is 13.5. The molecular weight excluding hydrogens is 271 g/mol. The van der Waals surface area contributed by atoms with Gasteiger partial charge in [0, 0.05) is 19.2 Å². The van der Waals surface area contributed by atoms with Crippen LogP contribution in [-0.4, -0.2) is 11.5 Å². The summed E-state index contributed by atoms with van der Waals surface area (Å²) in [5.74, 6) is -0.233. The summed E-state index contributed by atoms with van der Waals surface area (Å²) in [4.78, 5) is 12.9. The normalized spacial score (nSPS) is 13.9. The SMILES string of the molecule is Cc1ccc(N2CCc3cc(F)ccc3C2)c([N+](=O)[O-])c1. The van der Waals surface area contributed by atoms with Gasteiger partial charge in [-0.15, -0.1) is 0 Å². The fourth-order valence-corrected chi connectivity index (χ4v) is 2.77. The maximum atomic E-state index is 13.2. The standard InChI is InChI=1S/C16H15FN2O2/c1-11-2-5-15(16(8-11)19(20)21)18-7-6-12-9-14(17)4-3-13(12)10-18/h2-5,8-9H,6-7,10H2,1H3. The average molecular weight is 286 g/mol. The van der Waals surface area contributed by atoms with E-state index in [1.807, 2.05) is 17.9 Å². The van der Waals surface area contributed by atoms with Crippen LogP contribution < -0.4 is 4.90 Å². The zero-order chi connectivity index (χ0) is 15.0. The van der Waals surface area contributed by atoms with Gasteiger partial charge in [0.1, 0.15) is 11.5 Å². The van der Waals surface area contributed by atoms with Crippen LogP contribution in [0.1, 0.15) is 16.7 Å². The van der Waals surface area contributed by atoms with Gasteiger partial charge in [0.05, 0.1) is 4.92 Å². The summed E-state index contributed by atoms with van der Waals surface area (Å²) in [7, 11) is 0. The van der Waals surface area contributed by atoms with E-state index in [0.717, 1.165) is 16.7 Å². The van der Waals surface area contributed by atoms with Crippen LogP contribution in [0.5, 0.6) is 0 Å². The Morgan fingerprint density at radius 3 is 2.76 bits per heavy atom. The first-order valence-electron chi connectivity index (χ1n) is 6.82. The van der Waals surface area contributed by atoms with E-state index in [2.05, 4.69) is 0 Å². The fourth-order valence-electron chi connectivity index (χ4n) is 2.77. The van der Waals surface area contributed by atoms with E-state index in [4.69, 9.17) is 0 Å². The van der Waals surface area contributed by atoms with Crippen molar-refractivity contribution in [1.29, 1.82) is 0 Å². The largest absolute Gasteiger partial charge is 0.361 e. The summed E-state index contributed by atoms with van der Waals surface area (Å²) in [5, 5.41) is 11.2. The number of hydrogen-bond donors (Lipinski definition) is 0. The Hall–Kier alpha value is -2.43. The molecule has 0 radical (unpaired) electrons. The molecule has 3 rings (SSSR count). The average Bonchev–Trinajstić information content (AvgIpc) is 2.46. The van der Waals surface area contributed by atoms with Gasteiger partial charge in [0.25, 0.3) is 5.69 Å². The smallest absolute Gasteiger partial charge is 0.292 e. The number of rotatable bonds is 2. The van der Waals surface area contributed by atoms with Crippen LogP contribution in [0.15, 0.2) is 36.4 Å². The first-order valence-corrected chi connectivity index (χ1v) is 6.82. The summed E-state index contributed by atoms with van der Waals surface area (Å²) in [6.07, 6.45) is 0.693. The number of aryl methyl sites for hydroxylation is 1. The van der Waals surface area contributed by atoms with Crippen molar-refractivity contribution in [2.24, 2.45) is 0 Å². The van der Waals surface area contributed by atoms with E-state index in [0.29, 0.717) is 25.2 Å². The van der Waals surface area contributed by atoms with Crippen LogP contribution in [0, 0.1) is 22.9 Å². The quantitative estimate of drug-likeness (QED) is 0.626. The van der Waals surface area contributed by atoms with Gasteiger partial charge in [0.15, 0.2) is 0 Å². The van der Waals surface area contributed by atoms with Gasteiger partial charge in [-0.1, -0.05) is 12.1 Å². The molecule has 0 spiro atoms. The summed E-state index contributed by atoms with van der Waals surface area (Å²) in [6, 6.07) is 10.0. The van der Waals surface area contributed by atoms with Crippen molar-refractivity contribution in [2.75, 3.05) is 11.4 Å². The molecule has 4 nitrogen and oxygen atoms in total. The molecule has 108 valence electrons. The van der Waals surface area contributed by atoms with Crippen LogP contribution in [0.4, 0.5) is 15.8 Å². The molecule has 0 aromatic heterocycles. The van der Waals surface area contributed by atoms with Gasteiger partial charge in [-0.3, -0.25) is 10.1 Å². The number of benzene rings is 2. The second-order valence-corrected chi connectivity index (χ2v) is 5.33. The van der Waals surface area contributed by atoms with E-state index in [-0.39, 0.29) is 16.4 Å². The molecule has 5 heteroatoms. The molecule has 0 N–H and O–H groups in total. The third kappa shape index (κ3) is 2.59. The van der Waals surface area contributed by atoms with E-state index >= 15 is 0 Å². The second kappa shape index (κ2) is 5.16. The Morgan fingerprint density at radius 1 is 1.19 bits per heavy atom. The Bertz CT molecular complexity index is 715. The minimum Gasteiger partial charge on any atom is -0.361 e. The lowest BCUT2D eigenvalue weighted by molar-refractivity contribution is -0.384. The van der Waals surface area contributed by atoms with Crippen LogP contribution >= 0.6 is 0 Å². The highest BCUT2D eigenvalue weighted by Gasteiger charge is 2.23. The van der Waals surface area contributed by atoms with E-state index in [9.17, 15) is 14.5 Å². The van der Waals surface area contributed by atoms with Crippen molar-refractivity contribution >= 4 is 11.4 Å². The highest BCUT2D eigenvalue weighted by molar-refractivity contribution is 5.65. The summed E-state index contributed by atoms with van der Waals surface area (Å²) >= 11 is 0. The van der Waals surface area contributed by atoms with Crippen LogP contribution in [0.25, 0.3) is 0 Å². The Morgan fingerprint density at radius 2 is 2.00 bits per heavy atom. The maximum absolute atomic E-state index is 13.2. The molecule has 0 atom stereocenters. The summed E-state index contributed by atoms with van der Waals surface area (Å²) < 4.78 is 13.2. The van der Waals surface area contributed by atoms with Crippen molar-refractivity contribution in [3.8, 4) is 0 Å². The van der Waals surface area contributed by atoms with Crippen LogP contribution in [-0.2, 0) is 13.0 Å². The lowest BCUT2D eigenvalue weighted by Crippen LogP contribution is -2.30. The number of nitro benzene ring substituents is 1. The molecule has 0 bridgehead atoms. The molecule has 21 heavy (non-hydrogen) atoms. The molecule has 2 aromatic carbocycles. The summed E-state index contributed by atoms with van der Waals surface area (Å²) in [5.41, 5.74) is 3.63. The highest BCUT2D eigenvalue weighted by atomic mass is 19.1. The van der Waals surface area contributed by atoms with E-state index in [1.54, 1.807) is 24.3 Å². The van der Waals surface area contributed by atoms with Gasteiger partial charge in [-0.25, -0.2) is 4.39 Å². The molecule has 1 aliphatic rings. The molecule has 2 aromatic rings. The molecular formula is C16H15FN2O2. The third-order valence-electron chi connectivity index (χ3n) is 3.85.